The van der Waals surface area contributed by atoms with Crippen molar-refractivity contribution in [2.24, 2.45) is 4.99 Å². The highest BCUT2D eigenvalue weighted by atomic mass is 19.2. The molecule has 0 heterocycles. The molecular formula is C21H27F2N3O3. The molecule has 0 aromatic heterocycles. The van der Waals surface area contributed by atoms with E-state index in [4.69, 9.17) is 9.47 Å². The maximum atomic E-state index is 13.5. The molecule has 3 N–H and O–H groups in total. The van der Waals surface area contributed by atoms with Gasteiger partial charge in [0.25, 0.3) is 0 Å². The van der Waals surface area contributed by atoms with Crippen molar-refractivity contribution in [3.8, 4) is 11.5 Å². The van der Waals surface area contributed by atoms with Gasteiger partial charge in [-0.3, -0.25) is 4.99 Å². The van der Waals surface area contributed by atoms with Gasteiger partial charge in [-0.2, -0.15) is 0 Å². The van der Waals surface area contributed by atoms with E-state index in [0.29, 0.717) is 35.1 Å². The number of guanidine groups is 1. The number of benzene rings is 2. The standard InChI is InChI=1S/C21H27F2N3O3/c1-5-24-21(26-13(2)14-6-8-17(22)18(23)10-14)25-12-19(27)16-11-15(28-3)7-9-20(16)29-4/h6-11,13,19,27H,5,12H2,1-4H3,(H2,24,25,26). The molecule has 29 heavy (non-hydrogen) atoms. The summed E-state index contributed by atoms with van der Waals surface area (Å²) >= 11 is 0. The van der Waals surface area contributed by atoms with E-state index in [9.17, 15) is 13.9 Å². The van der Waals surface area contributed by atoms with Crippen LogP contribution in [0.3, 0.4) is 0 Å². The third-order valence-corrected chi connectivity index (χ3v) is 4.36. The number of aliphatic hydroxyl groups is 1. The van der Waals surface area contributed by atoms with Gasteiger partial charge < -0.3 is 25.2 Å². The number of rotatable bonds is 8. The van der Waals surface area contributed by atoms with Crippen molar-refractivity contribution in [1.82, 2.24) is 10.6 Å². The maximum absolute atomic E-state index is 13.5. The first kappa shape index (κ1) is 22.4. The Bertz CT molecular complexity index is 846. The second kappa shape index (κ2) is 10.6. The zero-order valence-corrected chi connectivity index (χ0v) is 17.0. The smallest absolute Gasteiger partial charge is 0.191 e. The molecule has 0 aliphatic carbocycles. The monoisotopic (exact) mass is 407 g/mol. The maximum Gasteiger partial charge on any atom is 0.191 e. The Morgan fingerprint density at radius 2 is 1.86 bits per heavy atom. The van der Waals surface area contributed by atoms with E-state index in [2.05, 4.69) is 15.6 Å². The van der Waals surface area contributed by atoms with Gasteiger partial charge in [-0.05, 0) is 49.7 Å². The van der Waals surface area contributed by atoms with Crippen LogP contribution in [-0.4, -0.2) is 38.4 Å². The molecule has 8 heteroatoms. The van der Waals surface area contributed by atoms with E-state index in [1.807, 2.05) is 6.92 Å². The molecule has 2 aromatic rings. The van der Waals surface area contributed by atoms with Crippen LogP contribution in [0.2, 0.25) is 0 Å². The number of nitrogens with zero attached hydrogens (tertiary/aromatic N) is 1. The quantitative estimate of drug-likeness (QED) is 0.462. The first-order valence-corrected chi connectivity index (χ1v) is 9.29. The molecule has 0 spiro atoms. The number of nitrogens with one attached hydrogen (secondary N) is 2. The van der Waals surface area contributed by atoms with Crippen molar-refractivity contribution in [2.75, 3.05) is 27.3 Å². The Labute approximate surface area is 169 Å². The Morgan fingerprint density at radius 1 is 1.10 bits per heavy atom. The molecule has 6 nitrogen and oxygen atoms in total. The molecule has 0 radical (unpaired) electrons. The van der Waals surface area contributed by atoms with Gasteiger partial charge in [0, 0.05) is 12.1 Å². The van der Waals surface area contributed by atoms with Crippen LogP contribution in [0.1, 0.15) is 37.1 Å². The van der Waals surface area contributed by atoms with Crippen molar-refractivity contribution in [2.45, 2.75) is 26.0 Å². The van der Waals surface area contributed by atoms with Crippen LogP contribution >= 0.6 is 0 Å². The lowest BCUT2D eigenvalue weighted by Crippen LogP contribution is -2.39. The average Bonchev–Trinajstić information content (AvgIpc) is 2.73. The Balaban J connectivity index is 2.14. The lowest BCUT2D eigenvalue weighted by atomic mass is 10.1. The summed E-state index contributed by atoms with van der Waals surface area (Å²) in [5.74, 6) is -0.233. The lowest BCUT2D eigenvalue weighted by molar-refractivity contribution is 0.182. The molecule has 2 aromatic carbocycles. The molecule has 2 rings (SSSR count). The second-order valence-corrected chi connectivity index (χ2v) is 6.38. The average molecular weight is 407 g/mol. The van der Waals surface area contributed by atoms with E-state index in [1.54, 1.807) is 32.2 Å². The van der Waals surface area contributed by atoms with Crippen molar-refractivity contribution < 1.29 is 23.4 Å². The molecule has 0 saturated carbocycles. The van der Waals surface area contributed by atoms with Crippen LogP contribution < -0.4 is 20.1 Å². The molecule has 0 aliphatic heterocycles. The summed E-state index contributed by atoms with van der Waals surface area (Å²) in [7, 11) is 3.07. The zero-order valence-electron chi connectivity index (χ0n) is 17.0. The fourth-order valence-corrected chi connectivity index (χ4v) is 2.77. The van der Waals surface area contributed by atoms with Crippen molar-refractivity contribution >= 4 is 5.96 Å². The van der Waals surface area contributed by atoms with Crippen LogP contribution in [0.4, 0.5) is 8.78 Å². The highest BCUT2D eigenvalue weighted by molar-refractivity contribution is 5.80. The number of methoxy groups -OCH3 is 2. The van der Waals surface area contributed by atoms with Gasteiger partial charge in [0.15, 0.2) is 17.6 Å². The molecule has 0 saturated heterocycles. The third-order valence-electron chi connectivity index (χ3n) is 4.36. The van der Waals surface area contributed by atoms with Gasteiger partial charge in [-0.15, -0.1) is 0 Å². The topological polar surface area (TPSA) is 75.1 Å². The Hall–Kier alpha value is -2.87. The van der Waals surface area contributed by atoms with E-state index < -0.39 is 17.7 Å². The van der Waals surface area contributed by atoms with Gasteiger partial charge in [0.05, 0.1) is 26.8 Å². The van der Waals surface area contributed by atoms with Crippen LogP contribution in [0, 0.1) is 11.6 Å². The van der Waals surface area contributed by atoms with Gasteiger partial charge >= 0.3 is 0 Å². The normalized spacial score (nSPS) is 13.6. The van der Waals surface area contributed by atoms with E-state index >= 15 is 0 Å². The largest absolute Gasteiger partial charge is 0.497 e. The number of ether oxygens (including phenoxy) is 2. The molecule has 2 unspecified atom stereocenters. The van der Waals surface area contributed by atoms with E-state index in [-0.39, 0.29) is 12.6 Å². The number of aliphatic hydroxyl groups excluding tert-OH is 1. The molecule has 0 aliphatic rings. The van der Waals surface area contributed by atoms with Crippen molar-refractivity contribution in [1.29, 1.82) is 0 Å². The minimum Gasteiger partial charge on any atom is -0.497 e. The van der Waals surface area contributed by atoms with Gasteiger partial charge in [0.2, 0.25) is 0 Å². The number of halogens is 2. The molecule has 0 fully saturated rings. The number of aliphatic imine (C=N–C) groups is 1. The van der Waals surface area contributed by atoms with Crippen LogP contribution in [0.15, 0.2) is 41.4 Å². The fraction of sp³-hybridized carbons (Fsp3) is 0.381. The summed E-state index contributed by atoms with van der Waals surface area (Å²) < 4.78 is 37.2. The fourth-order valence-electron chi connectivity index (χ4n) is 2.77. The zero-order chi connectivity index (χ0) is 21.4. The summed E-state index contributed by atoms with van der Waals surface area (Å²) in [6.45, 7) is 4.36. The minimum atomic E-state index is -0.922. The summed E-state index contributed by atoms with van der Waals surface area (Å²) in [4.78, 5) is 4.41. The van der Waals surface area contributed by atoms with Crippen molar-refractivity contribution in [3.63, 3.8) is 0 Å². The van der Waals surface area contributed by atoms with Crippen molar-refractivity contribution in [3.05, 3.63) is 59.2 Å². The van der Waals surface area contributed by atoms with Gasteiger partial charge in [0.1, 0.15) is 17.6 Å². The van der Waals surface area contributed by atoms with E-state index in [1.165, 1.54) is 13.2 Å². The minimum absolute atomic E-state index is 0.0589. The highest BCUT2D eigenvalue weighted by Crippen LogP contribution is 2.29. The van der Waals surface area contributed by atoms with Crippen LogP contribution in [0.25, 0.3) is 0 Å². The van der Waals surface area contributed by atoms with E-state index in [0.717, 1.165) is 12.1 Å². The Kier molecular flexibility index (Phi) is 8.21. The summed E-state index contributed by atoms with van der Waals surface area (Å²) in [5.41, 5.74) is 1.13. The first-order valence-electron chi connectivity index (χ1n) is 9.29. The Morgan fingerprint density at radius 3 is 2.48 bits per heavy atom. The molecule has 0 bridgehead atoms. The van der Waals surface area contributed by atoms with Crippen LogP contribution in [-0.2, 0) is 0 Å². The molecule has 0 amide bonds. The van der Waals surface area contributed by atoms with Gasteiger partial charge in [-0.1, -0.05) is 6.07 Å². The SMILES string of the molecule is CCNC(=NCC(O)c1cc(OC)ccc1OC)NC(C)c1ccc(F)c(F)c1. The summed E-state index contributed by atoms with van der Waals surface area (Å²) in [6, 6.07) is 8.58. The third kappa shape index (κ3) is 6.05. The first-order chi connectivity index (χ1) is 13.9. The highest BCUT2D eigenvalue weighted by Gasteiger charge is 2.16. The second-order valence-electron chi connectivity index (χ2n) is 6.38. The predicted octanol–water partition coefficient (Wildman–Crippen LogP) is 3.33. The molecule has 2 atom stereocenters. The number of hydrogen-bond donors (Lipinski definition) is 3. The lowest BCUT2D eigenvalue weighted by Gasteiger charge is -2.19. The number of hydrogen-bond acceptors (Lipinski definition) is 4. The summed E-state index contributed by atoms with van der Waals surface area (Å²) in [6.07, 6.45) is -0.922. The molecular weight excluding hydrogens is 380 g/mol. The van der Waals surface area contributed by atoms with Crippen LogP contribution in [0.5, 0.6) is 11.5 Å². The predicted molar refractivity (Wildman–Crippen MR) is 108 cm³/mol. The summed E-state index contributed by atoms with van der Waals surface area (Å²) in [5, 5.41) is 16.8. The van der Waals surface area contributed by atoms with Gasteiger partial charge in [-0.25, -0.2) is 8.78 Å². The molecule has 158 valence electrons.